The van der Waals surface area contributed by atoms with E-state index in [2.05, 4.69) is 6.58 Å². The summed E-state index contributed by atoms with van der Waals surface area (Å²) in [5, 5.41) is 11.6. The third kappa shape index (κ3) is 5.16. The Morgan fingerprint density at radius 2 is 1.45 bits per heavy atom. The molecule has 286 valence electrons. The van der Waals surface area contributed by atoms with Gasteiger partial charge in [0.05, 0.1) is 17.5 Å². The summed E-state index contributed by atoms with van der Waals surface area (Å²) in [6, 6.07) is 19.4. The number of rotatable bonds is 7. The highest BCUT2D eigenvalue weighted by Gasteiger charge is 2.77. The highest BCUT2D eigenvalue weighted by atomic mass is 35.5. The number of phenols is 1. The molecule has 8 rings (SSSR count). The van der Waals surface area contributed by atoms with Crippen LogP contribution in [0.25, 0.3) is 6.08 Å². The predicted molar refractivity (Wildman–Crippen MR) is 194 cm³/mol. The Labute approximate surface area is 325 Å². The number of hydrogen-bond donors (Lipinski definition) is 1. The Bertz CT molecular complexity index is 2400. The van der Waals surface area contributed by atoms with Crippen molar-refractivity contribution in [2.45, 2.75) is 35.1 Å². The van der Waals surface area contributed by atoms with Gasteiger partial charge in [0.2, 0.25) is 17.6 Å². The number of carbonyl (C=O) groups excluding carboxylic acids is 4. The van der Waals surface area contributed by atoms with Crippen LogP contribution in [-0.2, 0) is 25.8 Å². The third-order valence-electron chi connectivity index (χ3n) is 11.2. The van der Waals surface area contributed by atoms with Crippen molar-refractivity contribution >= 4 is 64.3 Å². The number of aromatic hydroxyl groups is 1. The van der Waals surface area contributed by atoms with Gasteiger partial charge in [-0.15, -0.1) is 23.2 Å². The maximum Gasteiger partial charge on any atom is 0.258 e. The lowest BCUT2D eigenvalue weighted by Crippen LogP contribution is -2.60. The fourth-order valence-corrected chi connectivity index (χ4v) is 9.45. The third-order valence-corrected chi connectivity index (χ3v) is 12.6. The van der Waals surface area contributed by atoms with Crippen LogP contribution < -0.4 is 14.5 Å². The summed E-state index contributed by atoms with van der Waals surface area (Å²) < 4.78 is 79.8. The van der Waals surface area contributed by atoms with Crippen LogP contribution in [0, 0.1) is 46.8 Å². The van der Waals surface area contributed by atoms with Crippen molar-refractivity contribution in [3.63, 3.8) is 0 Å². The van der Waals surface area contributed by atoms with Gasteiger partial charge in [0.15, 0.2) is 33.0 Å². The molecule has 0 unspecified atom stereocenters. The standard InChI is InChI=1S/C41H27Cl2F5N2O6/c1-2-19-8-10-21(11-9-19)49-36(52)25-15-14-23-26(28(25)37(49)53)17-40(42)38(54)50(35-33(47)31(45)30(44)32(46)34(35)48)39(55)41(40,43)29(23)24-13-12-22(16-27(24)51)56-18-20-6-4-3-5-7-20/h2-14,16,25-26,28-29,51H,1,15,17-18H2/t25-,26+,28-,29+,40+,41-/m0/s1. The van der Waals surface area contributed by atoms with E-state index in [0.717, 1.165) is 10.5 Å². The van der Waals surface area contributed by atoms with E-state index in [0.29, 0.717) is 5.56 Å². The normalized spacial score (nSPS) is 26.9. The molecule has 0 radical (unpaired) electrons. The predicted octanol–water partition coefficient (Wildman–Crippen LogP) is 8.08. The van der Waals surface area contributed by atoms with Crippen molar-refractivity contribution in [3.8, 4) is 11.5 Å². The molecule has 15 heteroatoms. The molecule has 2 heterocycles. The molecular weight excluding hydrogens is 782 g/mol. The van der Waals surface area contributed by atoms with Crippen LogP contribution in [0.15, 0.2) is 91.0 Å². The number of nitrogens with zero attached hydrogens (tertiary/aromatic N) is 2. The first-order valence-electron chi connectivity index (χ1n) is 17.2. The summed E-state index contributed by atoms with van der Waals surface area (Å²) in [7, 11) is 0. The van der Waals surface area contributed by atoms with E-state index in [1.807, 2.05) is 18.2 Å². The summed E-state index contributed by atoms with van der Waals surface area (Å²) >= 11 is 14.4. The van der Waals surface area contributed by atoms with Gasteiger partial charge in [-0.1, -0.05) is 72.8 Å². The number of alkyl halides is 2. The first-order chi connectivity index (χ1) is 26.6. The van der Waals surface area contributed by atoms with Gasteiger partial charge < -0.3 is 9.84 Å². The Balaban J connectivity index is 1.27. The summed E-state index contributed by atoms with van der Waals surface area (Å²) in [6.45, 7) is 3.79. The highest BCUT2D eigenvalue weighted by Crippen LogP contribution is 2.67. The number of carbonyl (C=O) groups is 4. The maximum absolute atomic E-state index is 15.4. The summed E-state index contributed by atoms with van der Waals surface area (Å²) in [4.78, 5) is 52.4. The van der Waals surface area contributed by atoms with E-state index in [1.165, 1.54) is 18.2 Å². The zero-order chi connectivity index (χ0) is 40.0. The molecule has 1 saturated carbocycles. The molecule has 0 aromatic heterocycles. The van der Waals surface area contributed by atoms with Gasteiger partial charge in [-0.25, -0.2) is 26.9 Å². The van der Waals surface area contributed by atoms with Crippen molar-refractivity contribution in [2.75, 3.05) is 9.80 Å². The average molecular weight is 810 g/mol. The number of anilines is 2. The van der Waals surface area contributed by atoms with Crippen molar-refractivity contribution < 1.29 is 51.0 Å². The summed E-state index contributed by atoms with van der Waals surface area (Å²) in [5.41, 5.74) is -0.0868. The Morgan fingerprint density at radius 3 is 2.07 bits per heavy atom. The van der Waals surface area contributed by atoms with Gasteiger partial charge in [0.25, 0.3) is 11.8 Å². The van der Waals surface area contributed by atoms with E-state index in [1.54, 1.807) is 48.6 Å². The Kier molecular flexibility index (Phi) is 8.88. The monoisotopic (exact) mass is 808 g/mol. The number of amides is 4. The second-order valence-electron chi connectivity index (χ2n) is 14.0. The summed E-state index contributed by atoms with van der Waals surface area (Å²) in [5.74, 6) is -22.3. The van der Waals surface area contributed by atoms with E-state index in [-0.39, 0.29) is 40.5 Å². The van der Waals surface area contributed by atoms with Crippen LogP contribution in [0.1, 0.15) is 35.4 Å². The lowest BCUT2D eigenvalue weighted by Gasteiger charge is -2.50. The van der Waals surface area contributed by atoms with Gasteiger partial charge in [-0.3, -0.25) is 24.1 Å². The molecule has 4 aromatic carbocycles. The maximum atomic E-state index is 15.4. The molecule has 3 fully saturated rings. The van der Waals surface area contributed by atoms with Gasteiger partial charge in [0, 0.05) is 17.5 Å². The first-order valence-corrected chi connectivity index (χ1v) is 18.0. The lowest BCUT2D eigenvalue weighted by atomic mass is 9.56. The lowest BCUT2D eigenvalue weighted by molar-refractivity contribution is -0.125. The van der Waals surface area contributed by atoms with E-state index in [4.69, 9.17) is 27.9 Å². The van der Waals surface area contributed by atoms with Crippen LogP contribution in [0.5, 0.6) is 11.5 Å². The van der Waals surface area contributed by atoms with Crippen molar-refractivity contribution in [1.29, 1.82) is 0 Å². The van der Waals surface area contributed by atoms with Gasteiger partial charge in [-0.05, 0) is 48.1 Å². The zero-order valence-corrected chi connectivity index (χ0v) is 30.3. The summed E-state index contributed by atoms with van der Waals surface area (Å²) in [6.07, 6.45) is 2.37. The van der Waals surface area contributed by atoms with Gasteiger partial charge >= 0.3 is 0 Å². The number of ether oxygens (including phenoxy) is 1. The molecule has 2 aliphatic carbocycles. The van der Waals surface area contributed by atoms with Crippen molar-refractivity contribution in [2.24, 2.45) is 17.8 Å². The number of benzene rings is 4. The van der Waals surface area contributed by atoms with E-state index in [9.17, 15) is 37.5 Å². The van der Waals surface area contributed by atoms with Crippen molar-refractivity contribution in [3.05, 3.63) is 137 Å². The number of phenolic OH excluding ortho intramolecular Hbond substituents is 1. The van der Waals surface area contributed by atoms with Crippen LogP contribution >= 0.6 is 23.2 Å². The molecule has 8 nitrogen and oxygen atoms in total. The van der Waals surface area contributed by atoms with Crippen LogP contribution in [0.4, 0.5) is 33.3 Å². The first kappa shape index (κ1) is 37.4. The molecule has 4 amide bonds. The largest absolute Gasteiger partial charge is 0.508 e. The average Bonchev–Trinajstić information content (AvgIpc) is 3.54. The molecule has 0 bridgehead atoms. The number of fused-ring (bicyclic) bond motifs is 4. The minimum atomic E-state index is -2.79. The molecule has 4 aliphatic rings. The SMILES string of the molecule is C=Cc1ccc(N2C(=O)[C@H]3[C@H](CC=C4[C@H]3C[C@@]3(Cl)C(=O)N(c5c(F)c(F)c(F)c(F)c5F)C(=O)[C@@]3(Cl)[C@H]4c3ccc(OCc4ccccc4)cc3O)C2=O)cc1. The fraction of sp³-hybridized carbons (Fsp3) is 0.220. The molecule has 1 N–H and O–H groups in total. The second-order valence-corrected chi connectivity index (χ2v) is 15.2. The van der Waals surface area contributed by atoms with E-state index < -0.39 is 104 Å². The van der Waals surface area contributed by atoms with E-state index >= 15 is 8.78 Å². The zero-order valence-electron chi connectivity index (χ0n) is 28.7. The Morgan fingerprint density at radius 1 is 0.804 bits per heavy atom. The number of allylic oxidation sites excluding steroid dienone is 2. The van der Waals surface area contributed by atoms with Crippen LogP contribution in [0.3, 0.4) is 0 Å². The van der Waals surface area contributed by atoms with Gasteiger partial charge in [0.1, 0.15) is 23.8 Å². The van der Waals surface area contributed by atoms with Crippen molar-refractivity contribution in [1.82, 2.24) is 0 Å². The molecule has 4 aromatic rings. The second kappa shape index (κ2) is 13.3. The van der Waals surface area contributed by atoms with Gasteiger partial charge in [-0.2, -0.15) is 0 Å². The minimum absolute atomic E-state index is 0.0659. The quantitative estimate of drug-likeness (QED) is 0.0506. The number of halogens is 7. The number of hydrogen-bond acceptors (Lipinski definition) is 6. The molecule has 56 heavy (non-hydrogen) atoms. The highest BCUT2D eigenvalue weighted by molar-refractivity contribution is 6.58. The van der Waals surface area contributed by atoms with Crippen LogP contribution in [-0.4, -0.2) is 38.5 Å². The molecular formula is C41H27Cl2F5N2O6. The topological polar surface area (TPSA) is 104 Å². The number of imide groups is 2. The fourth-order valence-electron chi connectivity index (χ4n) is 8.52. The Hall–Kier alpha value is -5.53. The molecule has 2 aliphatic heterocycles. The molecule has 2 saturated heterocycles. The van der Waals surface area contributed by atoms with Crippen LogP contribution in [0.2, 0.25) is 0 Å². The molecule has 6 atom stereocenters. The smallest absolute Gasteiger partial charge is 0.258 e. The minimum Gasteiger partial charge on any atom is -0.508 e. The molecule has 0 spiro atoms.